The van der Waals surface area contributed by atoms with Gasteiger partial charge in [0, 0.05) is 16.9 Å². The third-order valence-corrected chi connectivity index (χ3v) is 3.83. The molecule has 110 valence electrons. The molecule has 3 N–H and O–H groups in total. The van der Waals surface area contributed by atoms with Crippen molar-refractivity contribution in [2.24, 2.45) is 5.73 Å². The Labute approximate surface area is 136 Å². The minimum absolute atomic E-state index is 0.312. The van der Waals surface area contributed by atoms with Crippen LogP contribution in [0.5, 0.6) is 0 Å². The van der Waals surface area contributed by atoms with Gasteiger partial charge in [-0.15, -0.1) is 0 Å². The standard InChI is InChI=1S/C17H19ClN2S/c1-2-3-4-12-5-7-13(8-6-12)20-14-9-10-15(17(19)21)16(18)11-14/h5-11,20H,2-4H2,1H3,(H2,19,21). The fourth-order valence-electron chi connectivity index (χ4n) is 2.10. The van der Waals surface area contributed by atoms with Gasteiger partial charge in [-0.1, -0.05) is 49.3 Å². The van der Waals surface area contributed by atoms with Gasteiger partial charge in [-0.25, -0.2) is 0 Å². The summed E-state index contributed by atoms with van der Waals surface area (Å²) < 4.78 is 0. The van der Waals surface area contributed by atoms with Crippen LogP contribution in [-0.2, 0) is 6.42 Å². The SMILES string of the molecule is CCCCc1ccc(Nc2ccc(C(N)=S)c(Cl)c2)cc1. The highest BCUT2D eigenvalue weighted by atomic mass is 35.5. The summed E-state index contributed by atoms with van der Waals surface area (Å²) in [7, 11) is 0. The molecule has 2 aromatic carbocycles. The van der Waals surface area contributed by atoms with E-state index in [4.69, 9.17) is 29.6 Å². The number of aryl methyl sites for hydroxylation is 1. The molecule has 21 heavy (non-hydrogen) atoms. The molecule has 0 aliphatic carbocycles. The average Bonchev–Trinajstić information content (AvgIpc) is 2.46. The van der Waals surface area contributed by atoms with Crippen molar-refractivity contribution in [3.05, 3.63) is 58.6 Å². The van der Waals surface area contributed by atoms with Gasteiger partial charge in [0.1, 0.15) is 4.99 Å². The minimum atomic E-state index is 0.312. The summed E-state index contributed by atoms with van der Waals surface area (Å²) in [5.74, 6) is 0. The van der Waals surface area contributed by atoms with Crippen LogP contribution in [0, 0.1) is 0 Å². The van der Waals surface area contributed by atoms with Crippen molar-refractivity contribution in [2.45, 2.75) is 26.2 Å². The van der Waals surface area contributed by atoms with Gasteiger partial charge in [-0.2, -0.15) is 0 Å². The third kappa shape index (κ3) is 4.45. The Morgan fingerprint density at radius 2 is 1.81 bits per heavy atom. The van der Waals surface area contributed by atoms with E-state index in [0.29, 0.717) is 15.6 Å². The molecule has 2 rings (SSSR count). The van der Waals surface area contributed by atoms with Crippen molar-refractivity contribution in [3.8, 4) is 0 Å². The molecular formula is C17H19ClN2S. The molecule has 0 aliphatic heterocycles. The number of unbranched alkanes of at least 4 members (excludes halogenated alkanes) is 1. The van der Waals surface area contributed by atoms with Crippen LogP contribution in [0.4, 0.5) is 11.4 Å². The van der Waals surface area contributed by atoms with Crippen LogP contribution in [-0.4, -0.2) is 4.99 Å². The van der Waals surface area contributed by atoms with Gasteiger partial charge in [0.15, 0.2) is 0 Å². The first-order chi connectivity index (χ1) is 10.1. The van der Waals surface area contributed by atoms with Gasteiger partial charge in [-0.3, -0.25) is 0 Å². The number of hydrogen-bond donors (Lipinski definition) is 2. The minimum Gasteiger partial charge on any atom is -0.389 e. The second kappa shape index (κ2) is 7.43. The highest BCUT2D eigenvalue weighted by Gasteiger charge is 2.04. The summed E-state index contributed by atoms with van der Waals surface area (Å²) in [6.45, 7) is 2.20. The molecule has 2 nitrogen and oxygen atoms in total. The molecule has 0 fully saturated rings. The molecule has 0 bridgehead atoms. The van der Waals surface area contributed by atoms with Crippen LogP contribution in [0.1, 0.15) is 30.9 Å². The van der Waals surface area contributed by atoms with Crippen LogP contribution >= 0.6 is 23.8 Å². The largest absolute Gasteiger partial charge is 0.389 e. The van der Waals surface area contributed by atoms with E-state index < -0.39 is 0 Å². The lowest BCUT2D eigenvalue weighted by Crippen LogP contribution is -2.09. The second-order valence-electron chi connectivity index (χ2n) is 4.98. The lowest BCUT2D eigenvalue weighted by molar-refractivity contribution is 0.795. The van der Waals surface area contributed by atoms with Gasteiger partial charge in [0.2, 0.25) is 0 Å². The van der Waals surface area contributed by atoms with Crippen molar-refractivity contribution >= 4 is 40.2 Å². The topological polar surface area (TPSA) is 38.0 Å². The molecule has 0 unspecified atom stereocenters. The maximum atomic E-state index is 6.17. The number of anilines is 2. The van der Waals surface area contributed by atoms with Crippen molar-refractivity contribution in [3.63, 3.8) is 0 Å². The smallest absolute Gasteiger partial charge is 0.105 e. The van der Waals surface area contributed by atoms with E-state index in [2.05, 4.69) is 36.5 Å². The molecule has 2 aromatic rings. The van der Waals surface area contributed by atoms with E-state index in [-0.39, 0.29) is 0 Å². The van der Waals surface area contributed by atoms with Crippen LogP contribution < -0.4 is 11.1 Å². The fourth-order valence-corrected chi connectivity index (χ4v) is 2.61. The van der Waals surface area contributed by atoms with Crippen molar-refractivity contribution in [2.75, 3.05) is 5.32 Å². The highest BCUT2D eigenvalue weighted by Crippen LogP contribution is 2.24. The van der Waals surface area contributed by atoms with Crippen LogP contribution in [0.2, 0.25) is 5.02 Å². The average molecular weight is 319 g/mol. The van der Waals surface area contributed by atoms with E-state index in [1.54, 1.807) is 0 Å². The molecule has 0 atom stereocenters. The van der Waals surface area contributed by atoms with E-state index in [1.807, 2.05) is 18.2 Å². The van der Waals surface area contributed by atoms with Crippen molar-refractivity contribution in [1.29, 1.82) is 0 Å². The van der Waals surface area contributed by atoms with Crippen molar-refractivity contribution in [1.82, 2.24) is 0 Å². The number of nitrogens with two attached hydrogens (primary N) is 1. The normalized spacial score (nSPS) is 10.4. The maximum absolute atomic E-state index is 6.17. The van der Waals surface area contributed by atoms with E-state index in [1.165, 1.54) is 18.4 Å². The summed E-state index contributed by atoms with van der Waals surface area (Å²) in [4.78, 5) is 0.312. The summed E-state index contributed by atoms with van der Waals surface area (Å²) in [6, 6.07) is 14.1. The lowest BCUT2D eigenvalue weighted by atomic mass is 10.1. The molecule has 0 amide bonds. The Kier molecular flexibility index (Phi) is 5.59. The van der Waals surface area contributed by atoms with Gasteiger partial charge in [-0.05, 0) is 48.7 Å². The van der Waals surface area contributed by atoms with E-state index >= 15 is 0 Å². The lowest BCUT2D eigenvalue weighted by Gasteiger charge is -2.10. The van der Waals surface area contributed by atoms with Crippen LogP contribution in [0.15, 0.2) is 42.5 Å². The highest BCUT2D eigenvalue weighted by molar-refractivity contribution is 7.80. The first-order valence-corrected chi connectivity index (χ1v) is 7.84. The molecule has 4 heteroatoms. The number of halogens is 1. The molecular weight excluding hydrogens is 300 g/mol. The first kappa shape index (κ1) is 15.8. The number of nitrogens with one attached hydrogen (secondary N) is 1. The monoisotopic (exact) mass is 318 g/mol. The Balaban J connectivity index is 2.07. The molecule has 0 aliphatic rings. The molecule has 0 spiro atoms. The Morgan fingerprint density at radius 3 is 2.38 bits per heavy atom. The second-order valence-corrected chi connectivity index (χ2v) is 5.83. The molecule has 0 heterocycles. The zero-order valence-corrected chi connectivity index (χ0v) is 13.6. The van der Waals surface area contributed by atoms with Gasteiger partial charge in [0.05, 0.1) is 5.02 Å². The van der Waals surface area contributed by atoms with Gasteiger partial charge < -0.3 is 11.1 Å². The Bertz CT molecular complexity index is 623. The number of benzene rings is 2. The predicted molar refractivity (Wildman–Crippen MR) is 95.7 cm³/mol. The molecule has 0 aromatic heterocycles. The fraction of sp³-hybridized carbons (Fsp3) is 0.235. The Morgan fingerprint density at radius 1 is 1.14 bits per heavy atom. The van der Waals surface area contributed by atoms with Gasteiger partial charge in [0.25, 0.3) is 0 Å². The summed E-state index contributed by atoms with van der Waals surface area (Å²) in [5, 5.41) is 3.89. The molecule has 0 saturated heterocycles. The number of rotatable bonds is 6. The first-order valence-electron chi connectivity index (χ1n) is 7.05. The van der Waals surface area contributed by atoms with E-state index in [0.717, 1.165) is 17.8 Å². The zero-order chi connectivity index (χ0) is 15.2. The van der Waals surface area contributed by atoms with E-state index in [9.17, 15) is 0 Å². The predicted octanol–water partition coefficient (Wildman–Crippen LogP) is 5.06. The summed E-state index contributed by atoms with van der Waals surface area (Å²) in [5.41, 5.74) is 9.62. The van der Waals surface area contributed by atoms with Crippen molar-refractivity contribution < 1.29 is 0 Å². The summed E-state index contributed by atoms with van der Waals surface area (Å²) >= 11 is 11.1. The molecule has 0 saturated carbocycles. The van der Waals surface area contributed by atoms with Crippen LogP contribution in [0.3, 0.4) is 0 Å². The third-order valence-electron chi connectivity index (χ3n) is 3.30. The Hall–Kier alpha value is -1.58. The van der Waals surface area contributed by atoms with Gasteiger partial charge >= 0.3 is 0 Å². The summed E-state index contributed by atoms with van der Waals surface area (Å²) in [6.07, 6.45) is 3.57. The number of thiocarbonyl (C=S) groups is 1. The quantitative estimate of drug-likeness (QED) is 0.731. The number of hydrogen-bond acceptors (Lipinski definition) is 2. The zero-order valence-electron chi connectivity index (χ0n) is 12.0. The maximum Gasteiger partial charge on any atom is 0.105 e. The molecule has 0 radical (unpaired) electrons. The van der Waals surface area contributed by atoms with Crippen LogP contribution in [0.25, 0.3) is 0 Å².